The summed E-state index contributed by atoms with van der Waals surface area (Å²) in [6.07, 6.45) is 4.68. The van der Waals surface area contributed by atoms with Gasteiger partial charge in [-0.05, 0) is 25.2 Å². The van der Waals surface area contributed by atoms with Crippen molar-refractivity contribution in [1.29, 1.82) is 0 Å². The molecule has 14 nitrogen and oxygen atoms in total. The summed E-state index contributed by atoms with van der Waals surface area (Å²) in [5.41, 5.74) is 2.38. The Balaban J connectivity index is 1.22. The molecule has 4 heterocycles. The molecule has 1 aromatic heterocycles. The number of hydrogen-bond donors (Lipinski definition) is 3. The molecule has 3 aliphatic heterocycles. The van der Waals surface area contributed by atoms with Gasteiger partial charge in [0.2, 0.25) is 0 Å². The van der Waals surface area contributed by atoms with Crippen molar-refractivity contribution in [2.75, 3.05) is 19.7 Å². The predicted octanol–water partition coefficient (Wildman–Crippen LogP) is -1.69. The van der Waals surface area contributed by atoms with Crippen LogP contribution in [0.2, 0.25) is 0 Å². The number of nitrogens with one attached hydrogen (secondary N) is 2. The van der Waals surface area contributed by atoms with E-state index in [0.29, 0.717) is 23.8 Å². The predicted molar refractivity (Wildman–Crippen MR) is 97.4 cm³/mol. The Morgan fingerprint density at radius 3 is 2.97 bits per heavy atom. The molecule has 0 aromatic carbocycles. The highest BCUT2D eigenvalue weighted by atomic mass is 32.3. The van der Waals surface area contributed by atoms with Crippen molar-refractivity contribution in [3.8, 4) is 0 Å². The number of carbonyl (C=O) groups excluding carboxylic acids is 2. The molecule has 3 N–H and O–H groups in total. The highest BCUT2D eigenvalue weighted by Crippen LogP contribution is 2.30. The Morgan fingerprint density at radius 1 is 1.40 bits per heavy atom. The molecule has 3 aliphatic rings. The third kappa shape index (κ3) is 4.70. The Morgan fingerprint density at radius 2 is 2.23 bits per heavy atom. The fourth-order valence-electron chi connectivity index (χ4n) is 4.15. The van der Waals surface area contributed by atoms with Gasteiger partial charge in [0.15, 0.2) is 0 Å². The first-order valence-electron chi connectivity index (χ1n) is 9.54. The summed E-state index contributed by atoms with van der Waals surface area (Å²) in [4.78, 5) is 35.3. The van der Waals surface area contributed by atoms with Crippen LogP contribution in [0.1, 0.15) is 19.3 Å². The van der Waals surface area contributed by atoms with Crippen LogP contribution in [-0.2, 0) is 30.9 Å². The number of fused-ring (bicyclic) bond motifs is 2. The number of rotatable bonds is 8. The van der Waals surface area contributed by atoms with Gasteiger partial charge >= 0.3 is 16.4 Å². The van der Waals surface area contributed by atoms with E-state index in [-0.39, 0.29) is 19.2 Å². The number of amides is 3. The molecule has 2 bridgehead atoms. The molecular weight excluding hydrogens is 422 g/mol. The zero-order valence-corrected chi connectivity index (χ0v) is 16.8. The van der Waals surface area contributed by atoms with Gasteiger partial charge in [0.05, 0.1) is 12.6 Å². The van der Waals surface area contributed by atoms with Gasteiger partial charge in [-0.2, -0.15) is 18.6 Å². The van der Waals surface area contributed by atoms with E-state index in [1.165, 1.54) is 11.2 Å². The molecule has 166 valence electrons. The van der Waals surface area contributed by atoms with Gasteiger partial charge in [0, 0.05) is 25.7 Å². The van der Waals surface area contributed by atoms with Crippen LogP contribution in [0.15, 0.2) is 12.7 Å². The van der Waals surface area contributed by atoms with Crippen LogP contribution in [-0.4, -0.2) is 87.5 Å². The molecule has 3 fully saturated rings. The third-order valence-electron chi connectivity index (χ3n) is 5.48. The van der Waals surface area contributed by atoms with E-state index in [0.717, 1.165) is 19.5 Å². The monoisotopic (exact) mass is 445 g/mol. The highest BCUT2D eigenvalue weighted by Gasteiger charge is 2.49. The second-order valence-corrected chi connectivity index (χ2v) is 8.62. The van der Waals surface area contributed by atoms with E-state index in [9.17, 15) is 18.0 Å². The van der Waals surface area contributed by atoms with Crippen molar-refractivity contribution in [3.63, 3.8) is 0 Å². The molecule has 0 spiro atoms. The SMILES string of the molecule is O=C(NOC[C@H]1C[C@H](Cn2cncn2)CN1)C1CCC2CN1C(=O)N2OS(=O)(=O)O. The molecule has 0 aliphatic carbocycles. The number of nitrogens with zero attached hydrogens (tertiary/aromatic N) is 5. The minimum Gasteiger partial charge on any atom is -0.311 e. The quantitative estimate of drug-likeness (QED) is 0.310. The fraction of sp³-hybridized carbons (Fsp3) is 0.733. The number of piperidine rings is 1. The third-order valence-corrected chi connectivity index (χ3v) is 5.83. The van der Waals surface area contributed by atoms with Crippen molar-refractivity contribution in [2.45, 2.75) is 43.9 Å². The molecule has 0 radical (unpaired) electrons. The lowest BCUT2D eigenvalue weighted by atomic mass is 10.0. The number of carbonyl (C=O) groups is 2. The van der Waals surface area contributed by atoms with Gasteiger partial charge in [-0.15, -0.1) is 4.28 Å². The zero-order valence-electron chi connectivity index (χ0n) is 16.0. The van der Waals surface area contributed by atoms with Crippen molar-refractivity contribution in [1.82, 2.24) is 35.5 Å². The van der Waals surface area contributed by atoms with Crippen molar-refractivity contribution in [3.05, 3.63) is 12.7 Å². The second-order valence-electron chi connectivity index (χ2n) is 7.61. The maximum absolute atomic E-state index is 12.5. The van der Waals surface area contributed by atoms with Gasteiger partial charge in [0.1, 0.15) is 18.7 Å². The van der Waals surface area contributed by atoms with Gasteiger partial charge in [-0.3, -0.25) is 18.9 Å². The summed E-state index contributed by atoms with van der Waals surface area (Å²) < 4.78 is 36.8. The van der Waals surface area contributed by atoms with Gasteiger partial charge in [0.25, 0.3) is 5.91 Å². The van der Waals surface area contributed by atoms with Crippen molar-refractivity contribution in [2.24, 2.45) is 5.92 Å². The second kappa shape index (κ2) is 8.43. The summed E-state index contributed by atoms with van der Waals surface area (Å²) in [7, 11) is -4.82. The maximum Gasteiger partial charge on any atom is 0.418 e. The fourth-order valence-corrected chi connectivity index (χ4v) is 4.53. The lowest BCUT2D eigenvalue weighted by Gasteiger charge is -2.29. The van der Waals surface area contributed by atoms with Gasteiger partial charge < -0.3 is 10.2 Å². The van der Waals surface area contributed by atoms with Crippen molar-refractivity contribution < 1.29 is 31.7 Å². The van der Waals surface area contributed by atoms with E-state index < -0.39 is 34.4 Å². The lowest BCUT2D eigenvalue weighted by Crippen LogP contribution is -2.50. The van der Waals surface area contributed by atoms with E-state index in [1.54, 1.807) is 11.0 Å². The Labute approximate surface area is 172 Å². The first kappa shape index (κ1) is 20.9. The minimum absolute atomic E-state index is 0.0710. The largest absolute Gasteiger partial charge is 0.418 e. The van der Waals surface area contributed by atoms with E-state index in [1.807, 2.05) is 0 Å². The molecular formula is C15H23N7O7S. The summed E-state index contributed by atoms with van der Waals surface area (Å²) in [6, 6.07) is -2.07. The molecule has 1 aromatic rings. The Kier molecular flexibility index (Phi) is 5.88. The minimum atomic E-state index is -4.82. The average molecular weight is 445 g/mol. The highest BCUT2D eigenvalue weighted by molar-refractivity contribution is 7.80. The smallest absolute Gasteiger partial charge is 0.311 e. The standard InChI is InChI=1S/C15H23N7O7S/c23-14(13-2-1-12-6-21(13)15(24)22(12)29-30(25,26)27)19-28-7-11-3-10(4-17-11)5-20-9-16-8-18-20/h8-13,17H,1-7H2,(H,19,23)(H,25,26,27)/t10-,11+,12?,13?/m0/s1. The van der Waals surface area contributed by atoms with Crippen LogP contribution in [0.5, 0.6) is 0 Å². The number of hydroxylamine groups is 3. The molecule has 4 rings (SSSR count). The Bertz CT molecular complexity index is 880. The molecule has 3 amide bonds. The first-order valence-corrected chi connectivity index (χ1v) is 10.9. The van der Waals surface area contributed by atoms with Crippen LogP contribution in [0.4, 0.5) is 4.79 Å². The van der Waals surface area contributed by atoms with Crippen LogP contribution < -0.4 is 10.8 Å². The van der Waals surface area contributed by atoms with E-state index in [4.69, 9.17) is 9.39 Å². The van der Waals surface area contributed by atoms with E-state index in [2.05, 4.69) is 25.2 Å². The molecule has 4 atom stereocenters. The molecule has 3 saturated heterocycles. The molecule has 2 unspecified atom stereocenters. The average Bonchev–Trinajstić information content (AvgIpc) is 3.40. The summed E-state index contributed by atoms with van der Waals surface area (Å²) in [6.45, 7) is 1.94. The van der Waals surface area contributed by atoms with Gasteiger partial charge in [-0.1, -0.05) is 0 Å². The summed E-state index contributed by atoms with van der Waals surface area (Å²) in [5.74, 6) is -0.116. The normalized spacial score (nSPS) is 28.9. The molecule has 30 heavy (non-hydrogen) atoms. The zero-order chi connectivity index (χ0) is 21.3. The molecule has 0 saturated carbocycles. The first-order chi connectivity index (χ1) is 14.3. The Hall–Kier alpha value is -2.33. The van der Waals surface area contributed by atoms with Crippen LogP contribution in [0.3, 0.4) is 0 Å². The number of hydrogen-bond acceptors (Lipinski definition) is 9. The lowest BCUT2D eigenvalue weighted by molar-refractivity contribution is -0.139. The van der Waals surface area contributed by atoms with Crippen LogP contribution in [0.25, 0.3) is 0 Å². The number of urea groups is 1. The van der Waals surface area contributed by atoms with Crippen molar-refractivity contribution >= 4 is 22.3 Å². The topological polar surface area (TPSA) is 168 Å². The summed E-state index contributed by atoms with van der Waals surface area (Å²) in [5, 5.41) is 8.02. The maximum atomic E-state index is 12.5. The summed E-state index contributed by atoms with van der Waals surface area (Å²) >= 11 is 0. The van der Waals surface area contributed by atoms with Crippen LogP contribution >= 0.6 is 0 Å². The van der Waals surface area contributed by atoms with E-state index >= 15 is 0 Å². The number of aromatic nitrogens is 3. The molecule has 15 heteroatoms. The van der Waals surface area contributed by atoms with Crippen LogP contribution in [0, 0.1) is 5.92 Å². The van der Waals surface area contributed by atoms with Gasteiger partial charge in [-0.25, -0.2) is 15.3 Å².